The Labute approximate surface area is 189 Å². The Hall–Kier alpha value is -2.69. The topological polar surface area (TPSA) is 135 Å². The van der Waals surface area contributed by atoms with Crippen LogP contribution in [0.4, 0.5) is 0 Å². The van der Waals surface area contributed by atoms with E-state index in [1.54, 1.807) is 12.1 Å². The van der Waals surface area contributed by atoms with E-state index in [2.05, 4.69) is 0 Å². The van der Waals surface area contributed by atoms with E-state index in [9.17, 15) is 24.3 Å². The predicted molar refractivity (Wildman–Crippen MR) is 108 cm³/mol. The lowest BCUT2D eigenvalue weighted by molar-refractivity contribution is -0.254. The molecule has 0 radical (unpaired) electrons. The summed E-state index contributed by atoms with van der Waals surface area (Å²) in [6.07, 6.45) is -5.81. The maximum atomic E-state index is 11.9. The molecule has 0 aromatic heterocycles. The number of carbonyl (C=O) groups excluding carboxylic acids is 4. The van der Waals surface area contributed by atoms with Gasteiger partial charge >= 0.3 is 23.9 Å². The van der Waals surface area contributed by atoms with E-state index in [0.717, 1.165) is 20.8 Å². The van der Waals surface area contributed by atoms with Gasteiger partial charge in [-0.3, -0.25) is 19.2 Å². The van der Waals surface area contributed by atoms with Gasteiger partial charge in [-0.05, 0) is 23.3 Å². The first kappa shape index (κ1) is 25.6. The van der Waals surface area contributed by atoms with Crippen LogP contribution in [0.1, 0.15) is 44.9 Å². The van der Waals surface area contributed by atoms with E-state index in [-0.39, 0.29) is 13.2 Å². The highest BCUT2D eigenvalue weighted by Gasteiger charge is 2.52. The van der Waals surface area contributed by atoms with Crippen LogP contribution in [-0.2, 0) is 49.5 Å². The standard InChI is InChI=1S/C21H25ClO10/c1-10(24)28-9-17-19(29-11(2)25)21(31-13(4)27)20(30-12(3)26)18(32-17)14-5-6-16(22)15(7-14)8-23/h5-7,17-21,23H,8-9H2,1-4H3/t17?,18?,19?,20-,21?/m0/s1. The number of hydrogen-bond donors (Lipinski definition) is 1. The monoisotopic (exact) mass is 472 g/mol. The molecule has 0 bridgehead atoms. The Morgan fingerprint density at radius 1 is 0.906 bits per heavy atom. The van der Waals surface area contributed by atoms with Crippen molar-refractivity contribution in [3.63, 3.8) is 0 Å². The number of benzene rings is 1. The Morgan fingerprint density at radius 3 is 2.00 bits per heavy atom. The molecule has 11 heteroatoms. The summed E-state index contributed by atoms with van der Waals surface area (Å²) in [5.41, 5.74) is 0.827. The van der Waals surface area contributed by atoms with Crippen LogP contribution >= 0.6 is 11.6 Å². The van der Waals surface area contributed by atoms with Crippen molar-refractivity contribution in [2.75, 3.05) is 6.61 Å². The van der Waals surface area contributed by atoms with Crippen LogP contribution in [0.2, 0.25) is 5.02 Å². The zero-order valence-corrected chi connectivity index (χ0v) is 18.8. The van der Waals surface area contributed by atoms with E-state index >= 15 is 0 Å². The molecule has 0 spiro atoms. The Bertz CT molecular complexity index is 870. The molecule has 0 aliphatic carbocycles. The Morgan fingerprint density at radius 2 is 1.47 bits per heavy atom. The molecule has 0 saturated carbocycles. The highest BCUT2D eigenvalue weighted by atomic mass is 35.5. The minimum absolute atomic E-state index is 0.307. The van der Waals surface area contributed by atoms with Gasteiger partial charge in [-0.2, -0.15) is 0 Å². The molecule has 1 aromatic carbocycles. The van der Waals surface area contributed by atoms with Crippen LogP contribution in [0.25, 0.3) is 0 Å². The highest BCUT2D eigenvalue weighted by Crippen LogP contribution is 2.38. The van der Waals surface area contributed by atoms with Crippen molar-refractivity contribution in [2.24, 2.45) is 0 Å². The van der Waals surface area contributed by atoms with E-state index < -0.39 is 54.4 Å². The lowest BCUT2D eigenvalue weighted by atomic mass is 9.90. The lowest BCUT2D eigenvalue weighted by Gasteiger charge is -2.44. The summed E-state index contributed by atoms with van der Waals surface area (Å²) in [5, 5.41) is 9.87. The third-order valence-corrected chi connectivity index (χ3v) is 4.93. The predicted octanol–water partition coefficient (Wildman–Crippen LogP) is 1.63. The van der Waals surface area contributed by atoms with Crippen LogP contribution in [0.5, 0.6) is 0 Å². The molecule has 1 aromatic rings. The molecular weight excluding hydrogens is 448 g/mol. The van der Waals surface area contributed by atoms with Crippen molar-refractivity contribution < 1.29 is 48.0 Å². The summed E-state index contributed by atoms with van der Waals surface area (Å²) in [6.45, 7) is 3.96. The second-order valence-electron chi connectivity index (χ2n) is 7.13. The first-order chi connectivity index (χ1) is 15.0. The van der Waals surface area contributed by atoms with E-state index in [4.69, 9.17) is 35.3 Å². The maximum absolute atomic E-state index is 11.9. The number of halogens is 1. The van der Waals surface area contributed by atoms with Crippen molar-refractivity contribution in [1.82, 2.24) is 0 Å². The third-order valence-electron chi connectivity index (χ3n) is 4.56. The van der Waals surface area contributed by atoms with Gasteiger partial charge in [0, 0.05) is 32.7 Å². The van der Waals surface area contributed by atoms with Gasteiger partial charge in [0.25, 0.3) is 0 Å². The van der Waals surface area contributed by atoms with Gasteiger partial charge in [0.1, 0.15) is 18.8 Å². The second-order valence-corrected chi connectivity index (χ2v) is 7.54. The number of esters is 4. The van der Waals surface area contributed by atoms with E-state index in [0.29, 0.717) is 16.1 Å². The molecule has 2 rings (SSSR count). The number of ether oxygens (including phenoxy) is 5. The summed E-state index contributed by atoms with van der Waals surface area (Å²) in [4.78, 5) is 46.8. The van der Waals surface area contributed by atoms with Crippen molar-refractivity contribution in [3.8, 4) is 0 Å². The molecule has 1 saturated heterocycles. The SMILES string of the molecule is CC(=O)OCC1OC(c2ccc(Cl)c(CO)c2)[C@H](OC(C)=O)C(OC(C)=O)C1OC(C)=O. The number of aliphatic hydroxyl groups excluding tert-OH is 1. The zero-order valence-electron chi connectivity index (χ0n) is 18.0. The van der Waals surface area contributed by atoms with Crippen molar-refractivity contribution in [2.45, 2.75) is 64.8 Å². The largest absolute Gasteiger partial charge is 0.463 e. The first-order valence-electron chi connectivity index (χ1n) is 9.73. The van der Waals surface area contributed by atoms with Crippen LogP contribution in [0.15, 0.2) is 18.2 Å². The number of aliphatic hydroxyl groups is 1. The van der Waals surface area contributed by atoms with Crippen molar-refractivity contribution >= 4 is 35.5 Å². The summed E-state index contributed by atoms with van der Waals surface area (Å²) >= 11 is 6.08. The molecule has 32 heavy (non-hydrogen) atoms. The van der Waals surface area contributed by atoms with Gasteiger partial charge in [-0.25, -0.2) is 0 Å². The van der Waals surface area contributed by atoms with Crippen LogP contribution in [0, 0.1) is 0 Å². The quantitative estimate of drug-likeness (QED) is 0.460. The van der Waals surface area contributed by atoms with Crippen molar-refractivity contribution in [3.05, 3.63) is 34.3 Å². The minimum Gasteiger partial charge on any atom is -0.463 e. The van der Waals surface area contributed by atoms with Gasteiger partial charge in [0.05, 0.1) is 6.61 Å². The van der Waals surface area contributed by atoms with Gasteiger partial charge in [0.15, 0.2) is 18.3 Å². The van der Waals surface area contributed by atoms with Crippen molar-refractivity contribution in [1.29, 1.82) is 0 Å². The van der Waals surface area contributed by atoms with Crippen LogP contribution in [-0.4, -0.2) is 60.0 Å². The van der Waals surface area contributed by atoms with Gasteiger partial charge in [-0.15, -0.1) is 0 Å². The summed E-state index contributed by atoms with van der Waals surface area (Å²) in [6, 6.07) is 4.66. The smallest absolute Gasteiger partial charge is 0.303 e. The second kappa shape index (κ2) is 11.3. The fraction of sp³-hybridized carbons (Fsp3) is 0.524. The van der Waals surface area contributed by atoms with E-state index in [1.165, 1.54) is 13.0 Å². The molecule has 10 nitrogen and oxygen atoms in total. The first-order valence-corrected chi connectivity index (χ1v) is 10.1. The summed E-state index contributed by atoms with van der Waals surface area (Å²) in [5.74, 6) is -2.73. The molecule has 0 amide bonds. The number of carbonyl (C=O) groups is 4. The average molecular weight is 473 g/mol. The van der Waals surface area contributed by atoms with E-state index in [1.807, 2.05) is 0 Å². The van der Waals surface area contributed by atoms with Crippen LogP contribution in [0.3, 0.4) is 0 Å². The normalized spacial score (nSPS) is 24.9. The third kappa shape index (κ3) is 6.65. The molecule has 176 valence electrons. The average Bonchev–Trinajstić information content (AvgIpc) is 2.69. The minimum atomic E-state index is -1.27. The molecule has 1 aliphatic heterocycles. The van der Waals surface area contributed by atoms with Gasteiger partial charge in [0.2, 0.25) is 0 Å². The lowest BCUT2D eigenvalue weighted by Crippen LogP contribution is -2.59. The summed E-state index contributed by atoms with van der Waals surface area (Å²) < 4.78 is 27.2. The zero-order chi connectivity index (χ0) is 24.0. The van der Waals surface area contributed by atoms with Crippen LogP contribution < -0.4 is 0 Å². The summed E-state index contributed by atoms with van der Waals surface area (Å²) in [7, 11) is 0. The molecule has 1 fully saturated rings. The maximum Gasteiger partial charge on any atom is 0.303 e. The fourth-order valence-electron chi connectivity index (χ4n) is 3.39. The molecule has 5 atom stereocenters. The molecule has 4 unspecified atom stereocenters. The molecular formula is C21H25ClO10. The van der Waals surface area contributed by atoms with Gasteiger partial charge < -0.3 is 28.8 Å². The fourth-order valence-corrected chi connectivity index (χ4v) is 3.57. The molecule has 1 aliphatic rings. The number of hydrogen-bond acceptors (Lipinski definition) is 10. The Kier molecular flexibility index (Phi) is 8.99. The Balaban J connectivity index is 2.58. The highest BCUT2D eigenvalue weighted by molar-refractivity contribution is 6.31. The molecule has 1 N–H and O–H groups in total. The molecule has 1 heterocycles. The number of rotatable bonds is 7. The van der Waals surface area contributed by atoms with Gasteiger partial charge in [-0.1, -0.05) is 17.7 Å².